The molecule has 2 heterocycles. The number of nitrogens with one attached hydrogen (secondary N) is 1. The van der Waals surface area contributed by atoms with Crippen molar-refractivity contribution in [3.8, 4) is 17.0 Å². The largest absolute Gasteiger partial charge is 0.414 e. The first-order valence-corrected chi connectivity index (χ1v) is 10.6. The zero-order valence-electron chi connectivity index (χ0n) is 19.9. The Morgan fingerprint density at radius 3 is 2.45 bits per heavy atom. The lowest BCUT2D eigenvalue weighted by molar-refractivity contribution is 0.172. The van der Waals surface area contributed by atoms with Gasteiger partial charge in [-0.3, -0.25) is 4.40 Å². The van der Waals surface area contributed by atoms with Crippen molar-refractivity contribution in [2.75, 3.05) is 19.4 Å². The molecule has 3 aromatic rings. The molecule has 0 saturated carbocycles. The summed E-state index contributed by atoms with van der Waals surface area (Å²) in [6.07, 6.45) is 2.58. The summed E-state index contributed by atoms with van der Waals surface area (Å²) in [6, 6.07) is 11.7. The predicted octanol–water partition coefficient (Wildman–Crippen LogP) is 6.00. The van der Waals surface area contributed by atoms with Crippen molar-refractivity contribution < 1.29 is 9.53 Å². The molecule has 0 spiro atoms. The minimum absolute atomic E-state index is 0.160. The van der Waals surface area contributed by atoms with Gasteiger partial charge in [-0.2, -0.15) is 0 Å². The van der Waals surface area contributed by atoms with Crippen LogP contribution in [0.15, 0.2) is 42.6 Å². The van der Waals surface area contributed by atoms with E-state index in [9.17, 15) is 4.79 Å². The average Bonchev–Trinajstić information content (AvgIpc) is 2.96. The number of carbonyl (C=O) groups is 1. The van der Waals surface area contributed by atoms with Gasteiger partial charge in [0.25, 0.3) is 0 Å². The molecular formula is C25H34N4O2. The fourth-order valence-corrected chi connectivity index (χ4v) is 4.08. The number of fused-ring (bicyclic) bond motifs is 1. The zero-order chi connectivity index (χ0) is 23.0. The number of hydrogen-bond donors (Lipinski definition) is 1. The summed E-state index contributed by atoms with van der Waals surface area (Å²) in [7, 11) is 3.33. The summed E-state index contributed by atoms with van der Waals surface area (Å²) in [4.78, 5) is 18.6. The molecule has 0 unspecified atom stereocenters. The second-order valence-electron chi connectivity index (χ2n) is 10.2. The molecule has 3 rings (SSSR count). The highest BCUT2D eigenvalue weighted by molar-refractivity contribution is 5.83. The Morgan fingerprint density at radius 2 is 1.81 bits per heavy atom. The third kappa shape index (κ3) is 5.37. The summed E-state index contributed by atoms with van der Waals surface area (Å²) in [5.41, 5.74) is 3.49. The van der Waals surface area contributed by atoms with Crippen LogP contribution in [0.3, 0.4) is 0 Å². The molecule has 0 saturated heterocycles. The third-order valence-electron chi connectivity index (χ3n) is 4.92. The van der Waals surface area contributed by atoms with Crippen LogP contribution in [0.1, 0.15) is 46.6 Å². The molecule has 0 aliphatic carbocycles. The number of imidazole rings is 1. The normalized spacial score (nSPS) is 12.1. The van der Waals surface area contributed by atoms with E-state index in [-0.39, 0.29) is 11.0 Å². The highest BCUT2D eigenvalue weighted by Gasteiger charge is 2.29. The SMILES string of the molecule is Cc1ccn2c(NC(C)(C)CC(C)(C)C)c(-c3ccccc3OC(=O)N(C)C)nc2c1. The van der Waals surface area contributed by atoms with Crippen LogP contribution in [-0.4, -0.2) is 40.0 Å². The Bertz CT molecular complexity index is 1090. The molecule has 1 N–H and O–H groups in total. The fraction of sp³-hybridized carbons (Fsp3) is 0.440. The molecule has 0 atom stereocenters. The van der Waals surface area contributed by atoms with Gasteiger partial charge in [0.2, 0.25) is 0 Å². The maximum absolute atomic E-state index is 12.2. The second-order valence-corrected chi connectivity index (χ2v) is 10.2. The van der Waals surface area contributed by atoms with Gasteiger partial charge in [-0.15, -0.1) is 0 Å². The van der Waals surface area contributed by atoms with Crippen LogP contribution >= 0.6 is 0 Å². The number of amides is 1. The highest BCUT2D eigenvalue weighted by Crippen LogP contribution is 2.38. The van der Waals surface area contributed by atoms with Gasteiger partial charge in [0.1, 0.15) is 22.9 Å². The van der Waals surface area contributed by atoms with Crippen LogP contribution in [0, 0.1) is 12.3 Å². The summed E-state index contributed by atoms with van der Waals surface area (Å²) in [5, 5.41) is 3.74. The third-order valence-corrected chi connectivity index (χ3v) is 4.92. The van der Waals surface area contributed by atoms with E-state index in [4.69, 9.17) is 9.72 Å². The van der Waals surface area contributed by atoms with E-state index in [1.807, 2.05) is 24.4 Å². The molecule has 0 aliphatic rings. The first kappa shape index (κ1) is 22.7. The lowest BCUT2D eigenvalue weighted by Crippen LogP contribution is -2.36. The Labute approximate surface area is 185 Å². The van der Waals surface area contributed by atoms with E-state index in [1.165, 1.54) is 4.90 Å². The minimum atomic E-state index is -0.422. The summed E-state index contributed by atoms with van der Waals surface area (Å²) in [6.45, 7) is 13.2. The van der Waals surface area contributed by atoms with Crippen molar-refractivity contribution in [2.45, 2.75) is 53.5 Å². The van der Waals surface area contributed by atoms with Crippen molar-refractivity contribution in [2.24, 2.45) is 5.41 Å². The Kier molecular flexibility index (Phi) is 6.03. The van der Waals surface area contributed by atoms with Crippen molar-refractivity contribution in [3.05, 3.63) is 48.2 Å². The van der Waals surface area contributed by atoms with Gasteiger partial charge < -0.3 is 15.0 Å². The van der Waals surface area contributed by atoms with Crippen LogP contribution in [0.5, 0.6) is 5.75 Å². The molecule has 2 aromatic heterocycles. The number of benzene rings is 1. The van der Waals surface area contributed by atoms with Crippen LogP contribution in [0.4, 0.5) is 10.6 Å². The quantitative estimate of drug-likeness (QED) is 0.548. The van der Waals surface area contributed by atoms with Gasteiger partial charge in [0, 0.05) is 31.4 Å². The van der Waals surface area contributed by atoms with Gasteiger partial charge in [-0.1, -0.05) is 32.9 Å². The molecular weight excluding hydrogens is 388 g/mol. The number of rotatable bonds is 5. The van der Waals surface area contributed by atoms with E-state index in [0.717, 1.165) is 34.7 Å². The standard InChI is InChI=1S/C25H34N4O2/c1-17-13-14-29-20(15-17)26-21(22(29)27-25(5,6)16-24(2,3)4)18-11-9-10-12-19(18)31-23(30)28(7)8/h9-15,27H,16H2,1-8H3. The number of anilines is 1. The first-order chi connectivity index (χ1) is 14.4. The van der Waals surface area contributed by atoms with E-state index < -0.39 is 6.09 Å². The Balaban J connectivity index is 2.16. The summed E-state index contributed by atoms with van der Waals surface area (Å²) >= 11 is 0. The van der Waals surface area contributed by atoms with Gasteiger partial charge in [-0.25, -0.2) is 9.78 Å². The molecule has 0 aliphatic heterocycles. The molecule has 0 fully saturated rings. The van der Waals surface area contributed by atoms with Crippen molar-refractivity contribution in [3.63, 3.8) is 0 Å². The van der Waals surface area contributed by atoms with E-state index in [0.29, 0.717) is 5.75 Å². The number of nitrogens with zero attached hydrogens (tertiary/aromatic N) is 3. The van der Waals surface area contributed by atoms with Crippen LogP contribution < -0.4 is 10.1 Å². The van der Waals surface area contributed by atoms with Crippen LogP contribution in [-0.2, 0) is 0 Å². The number of pyridine rings is 1. The second kappa shape index (κ2) is 8.25. The van der Waals surface area contributed by atoms with Crippen LogP contribution in [0.25, 0.3) is 16.9 Å². The van der Waals surface area contributed by atoms with Gasteiger partial charge >= 0.3 is 6.09 Å². The van der Waals surface area contributed by atoms with Crippen molar-refractivity contribution >= 4 is 17.6 Å². The van der Waals surface area contributed by atoms with Crippen LogP contribution in [0.2, 0.25) is 0 Å². The minimum Gasteiger partial charge on any atom is -0.409 e. The maximum atomic E-state index is 12.2. The summed E-state index contributed by atoms with van der Waals surface area (Å²) in [5.74, 6) is 1.37. The topological polar surface area (TPSA) is 58.9 Å². The van der Waals surface area contributed by atoms with Crippen molar-refractivity contribution in [1.82, 2.24) is 14.3 Å². The molecule has 1 amide bonds. The van der Waals surface area contributed by atoms with E-state index in [1.54, 1.807) is 20.2 Å². The number of para-hydroxylation sites is 1. The molecule has 1 aromatic carbocycles. The molecule has 6 nitrogen and oxygen atoms in total. The van der Waals surface area contributed by atoms with E-state index >= 15 is 0 Å². The van der Waals surface area contributed by atoms with Gasteiger partial charge in [-0.05, 0) is 62.4 Å². The monoisotopic (exact) mass is 422 g/mol. The number of hydrogen-bond acceptors (Lipinski definition) is 4. The van der Waals surface area contributed by atoms with E-state index in [2.05, 4.69) is 63.4 Å². The zero-order valence-corrected chi connectivity index (χ0v) is 19.9. The smallest absolute Gasteiger partial charge is 0.409 e. The summed E-state index contributed by atoms with van der Waals surface area (Å²) < 4.78 is 7.72. The van der Waals surface area contributed by atoms with Crippen molar-refractivity contribution in [1.29, 1.82) is 0 Å². The highest BCUT2D eigenvalue weighted by atomic mass is 16.6. The molecule has 6 heteroatoms. The molecule has 0 radical (unpaired) electrons. The maximum Gasteiger partial charge on any atom is 0.414 e. The lowest BCUT2D eigenvalue weighted by Gasteiger charge is -2.34. The number of carbonyl (C=O) groups excluding carboxylic acids is 1. The molecule has 0 bridgehead atoms. The fourth-order valence-electron chi connectivity index (χ4n) is 4.08. The Hall–Kier alpha value is -3.02. The Morgan fingerprint density at radius 1 is 1.13 bits per heavy atom. The molecule has 31 heavy (non-hydrogen) atoms. The number of aryl methyl sites for hydroxylation is 1. The van der Waals surface area contributed by atoms with Gasteiger partial charge in [0.05, 0.1) is 0 Å². The number of ether oxygens (including phenoxy) is 1. The van der Waals surface area contributed by atoms with Gasteiger partial charge in [0.15, 0.2) is 0 Å². The average molecular weight is 423 g/mol. The number of aromatic nitrogens is 2. The first-order valence-electron chi connectivity index (χ1n) is 10.6. The molecule has 166 valence electrons. The predicted molar refractivity (Wildman–Crippen MR) is 127 cm³/mol. The lowest BCUT2D eigenvalue weighted by atomic mass is 9.82.